The molecular formula is C28H50N2O15. The van der Waals surface area contributed by atoms with E-state index >= 15 is 0 Å². The molecule has 0 saturated carbocycles. The maximum absolute atomic E-state index is 12.9. The Hall–Kier alpha value is -1.87. The molecule has 2 amide bonds. The van der Waals surface area contributed by atoms with E-state index in [1.807, 2.05) is 0 Å². The average molecular weight is 655 g/mol. The molecule has 2 fully saturated rings. The lowest BCUT2D eigenvalue weighted by Gasteiger charge is -2.40. The van der Waals surface area contributed by atoms with Gasteiger partial charge in [-0.1, -0.05) is 6.42 Å². The Morgan fingerprint density at radius 2 is 1.33 bits per heavy atom. The highest BCUT2D eigenvalue weighted by molar-refractivity contribution is 5.76. The third kappa shape index (κ3) is 12.3. The van der Waals surface area contributed by atoms with E-state index < -0.39 is 92.5 Å². The lowest BCUT2D eigenvalue weighted by Crippen LogP contribution is -2.59. The molecule has 12 unspecified atom stereocenters. The normalized spacial score (nSPS) is 33.3. The number of rotatable bonds is 21. The van der Waals surface area contributed by atoms with Crippen LogP contribution in [0.1, 0.15) is 57.8 Å². The number of primary amides is 1. The number of amides is 2. The van der Waals surface area contributed by atoms with Crippen LogP contribution >= 0.6 is 0 Å². The first-order valence-electron chi connectivity index (χ1n) is 15.3. The molecule has 2 aliphatic heterocycles. The number of hydrogen-bond donors (Lipinski definition) is 10. The monoisotopic (exact) mass is 654 g/mol. The molecule has 0 aromatic rings. The molecule has 2 saturated heterocycles. The summed E-state index contributed by atoms with van der Waals surface area (Å²) in [5.41, 5.74) is 5.36. The molecule has 2 rings (SSSR count). The summed E-state index contributed by atoms with van der Waals surface area (Å²) in [7, 11) is 0. The zero-order chi connectivity index (χ0) is 33.5. The van der Waals surface area contributed by atoms with E-state index in [-0.39, 0.29) is 38.4 Å². The van der Waals surface area contributed by atoms with Crippen LogP contribution in [0, 0.1) is 5.92 Å². The standard InChI is InChI=1S/C28H50N2O15/c29-19(34)9-8-15(14-43-28-26(41)24(39)22(37)18(13-33)45-28)16(6-2-1-4-10-31)30-20(35)7-3-5-11-42-27-25(40)23(38)21(36)17(12-32)44-27/h10,15-18,21-28,32-33,36-41H,1-9,11-14H2,(H2,29,34)(H,30,35). The van der Waals surface area contributed by atoms with Crippen LogP contribution in [0.3, 0.4) is 0 Å². The highest BCUT2D eigenvalue weighted by Gasteiger charge is 2.45. The Morgan fingerprint density at radius 1 is 0.756 bits per heavy atom. The van der Waals surface area contributed by atoms with Gasteiger partial charge in [-0.3, -0.25) is 9.59 Å². The Morgan fingerprint density at radius 3 is 1.87 bits per heavy atom. The molecule has 12 atom stereocenters. The van der Waals surface area contributed by atoms with Gasteiger partial charge in [0, 0.05) is 37.8 Å². The zero-order valence-electron chi connectivity index (χ0n) is 25.2. The molecule has 0 aliphatic carbocycles. The molecule has 0 aromatic heterocycles. The van der Waals surface area contributed by atoms with E-state index in [2.05, 4.69) is 5.32 Å². The van der Waals surface area contributed by atoms with Gasteiger partial charge in [0.2, 0.25) is 11.8 Å². The Labute approximate surface area is 261 Å². The Bertz CT molecular complexity index is 881. The van der Waals surface area contributed by atoms with Crippen LogP contribution in [0.2, 0.25) is 0 Å². The van der Waals surface area contributed by atoms with Gasteiger partial charge >= 0.3 is 0 Å². The minimum absolute atomic E-state index is 0.0409. The largest absolute Gasteiger partial charge is 0.394 e. The number of aliphatic hydroxyl groups is 8. The van der Waals surface area contributed by atoms with Crippen molar-refractivity contribution < 1.29 is 74.2 Å². The fourth-order valence-corrected chi connectivity index (χ4v) is 5.24. The van der Waals surface area contributed by atoms with Crippen molar-refractivity contribution in [2.75, 3.05) is 26.4 Å². The number of aldehydes is 1. The second kappa shape index (κ2) is 20.4. The molecule has 45 heavy (non-hydrogen) atoms. The SMILES string of the molecule is NC(=O)CCC(COC1OC(CO)C(O)C(O)C1O)C(CCCCC=O)NC(=O)CCCCOC1OC(CO)C(O)C(O)C1O. The third-order valence-corrected chi connectivity index (χ3v) is 8.02. The van der Waals surface area contributed by atoms with Crippen LogP contribution in [-0.2, 0) is 33.3 Å². The van der Waals surface area contributed by atoms with E-state index in [9.17, 15) is 55.2 Å². The summed E-state index contributed by atoms with van der Waals surface area (Å²) >= 11 is 0. The van der Waals surface area contributed by atoms with E-state index in [4.69, 9.17) is 24.7 Å². The Balaban J connectivity index is 1.97. The lowest BCUT2D eigenvalue weighted by atomic mass is 9.90. The second-order valence-electron chi connectivity index (χ2n) is 11.4. The number of ether oxygens (including phenoxy) is 4. The number of nitrogens with two attached hydrogens (primary N) is 1. The summed E-state index contributed by atoms with van der Waals surface area (Å²) in [5, 5.41) is 81.9. The van der Waals surface area contributed by atoms with Gasteiger partial charge in [-0.25, -0.2) is 0 Å². The van der Waals surface area contributed by atoms with E-state index in [1.54, 1.807) is 0 Å². The van der Waals surface area contributed by atoms with E-state index in [1.165, 1.54) is 0 Å². The predicted octanol–water partition coefficient (Wildman–Crippen LogP) is -4.08. The quantitative estimate of drug-likeness (QED) is 0.0416. The van der Waals surface area contributed by atoms with Crippen molar-refractivity contribution in [3.05, 3.63) is 0 Å². The van der Waals surface area contributed by atoms with Crippen molar-refractivity contribution in [2.45, 2.75) is 125 Å². The third-order valence-electron chi connectivity index (χ3n) is 8.02. The smallest absolute Gasteiger partial charge is 0.220 e. The molecule has 2 heterocycles. The summed E-state index contributed by atoms with van der Waals surface area (Å²) < 4.78 is 21.9. The van der Waals surface area contributed by atoms with Crippen molar-refractivity contribution in [2.24, 2.45) is 11.7 Å². The average Bonchev–Trinajstić information content (AvgIpc) is 3.02. The van der Waals surface area contributed by atoms with Crippen molar-refractivity contribution in [3.63, 3.8) is 0 Å². The van der Waals surface area contributed by atoms with Crippen LogP contribution in [0.25, 0.3) is 0 Å². The van der Waals surface area contributed by atoms with Crippen LogP contribution < -0.4 is 11.1 Å². The summed E-state index contributed by atoms with van der Waals surface area (Å²) in [6, 6.07) is -0.543. The second-order valence-corrected chi connectivity index (χ2v) is 11.4. The number of nitrogens with one attached hydrogen (secondary N) is 1. The molecule has 0 spiro atoms. The van der Waals surface area contributed by atoms with Gasteiger partial charge in [0.15, 0.2) is 12.6 Å². The first-order valence-corrected chi connectivity index (χ1v) is 15.3. The van der Waals surface area contributed by atoms with Crippen molar-refractivity contribution in [1.82, 2.24) is 5.32 Å². The fraction of sp³-hybridized carbons (Fsp3) is 0.893. The molecule has 2 aliphatic rings. The summed E-state index contributed by atoms with van der Waals surface area (Å²) in [4.78, 5) is 35.3. The van der Waals surface area contributed by atoms with Crippen molar-refractivity contribution >= 4 is 18.1 Å². The maximum atomic E-state index is 12.9. The first kappa shape index (κ1) is 39.3. The van der Waals surface area contributed by atoms with E-state index in [0.717, 1.165) is 6.29 Å². The number of carbonyl (C=O) groups is 3. The van der Waals surface area contributed by atoms with Crippen LogP contribution in [0.15, 0.2) is 0 Å². The van der Waals surface area contributed by atoms with Gasteiger partial charge in [-0.2, -0.15) is 0 Å². The number of unbranched alkanes of at least 4 members (excludes halogenated alkanes) is 3. The zero-order valence-corrected chi connectivity index (χ0v) is 25.2. The highest BCUT2D eigenvalue weighted by Crippen LogP contribution is 2.25. The van der Waals surface area contributed by atoms with Gasteiger partial charge in [0.25, 0.3) is 0 Å². The lowest BCUT2D eigenvalue weighted by molar-refractivity contribution is -0.303. The van der Waals surface area contributed by atoms with Crippen LogP contribution in [0.4, 0.5) is 0 Å². The molecule has 0 radical (unpaired) electrons. The molecule has 0 bridgehead atoms. The molecular weight excluding hydrogens is 604 g/mol. The molecule has 11 N–H and O–H groups in total. The molecule has 262 valence electrons. The van der Waals surface area contributed by atoms with Gasteiger partial charge in [0.1, 0.15) is 55.1 Å². The topological polar surface area (TPSA) is 288 Å². The fourth-order valence-electron chi connectivity index (χ4n) is 5.24. The maximum Gasteiger partial charge on any atom is 0.220 e. The minimum Gasteiger partial charge on any atom is -0.394 e. The minimum atomic E-state index is -1.64. The van der Waals surface area contributed by atoms with Gasteiger partial charge in [-0.05, 0) is 32.1 Å². The van der Waals surface area contributed by atoms with Crippen LogP contribution in [-0.4, -0.2) is 153 Å². The first-order chi connectivity index (χ1) is 21.4. The number of carbonyl (C=O) groups excluding carboxylic acids is 3. The predicted molar refractivity (Wildman–Crippen MR) is 152 cm³/mol. The van der Waals surface area contributed by atoms with Crippen molar-refractivity contribution in [3.8, 4) is 0 Å². The summed E-state index contributed by atoms with van der Waals surface area (Å²) in [6.07, 6.45) is -10.8. The number of hydrogen-bond acceptors (Lipinski definition) is 15. The summed E-state index contributed by atoms with van der Waals surface area (Å²) in [5.74, 6) is -1.43. The molecule has 0 aromatic carbocycles. The molecule has 17 nitrogen and oxygen atoms in total. The van der Waals surface area contributed by atoms with Crippen LogP contribution in [0.5, 0.6) is 0 Å². The van der Waals surface area contributed by atoms with Gasteiger partial charge in [0.05, 0.1) is 19.8 Å². The highest BCUT2D eigenvalue weighted by atomic mass is 16.7. The number of aliphatic hydroxyl groups excluding tert-OH is 8. The molecule has 17 heteroatoms. The van der Waals surface area contributed by atoms with Gasteiger partial charge in [-0.15, -0.1) is 0 Å². The van der Waals surface area contributed by atoms with Gasteiger partial charge < -0.3 is 75.6 Å². The van der Waals surface area contributed by atoms with Crippen molar-refractivity contribution in [1.29, 1.82) is 0 Å². The Kier molecular flexibility index (Phi) is 17.8. The summed E-state index contributed by atoms with van der Waals surface area (Å²) in [6.45, 7) is -1.34. The van der Waals surface area contributed by atoms with E-state index in [0.29, 0.717) is 38.5 Å².